The second-order valence-electron chi connectivity index (χ2n) is 6.60. The summed E-state index contributed by atoms with van der Waals surface area (Å²) in [5.74, 6) is 2.45. The largest absolute Gasteiger partial charge is 0.325 e. The summed E-state index contributed by atoms with van der Waals surface area (Å²) >= 11 is 0. The number of nitrogens with zero attached hydrogens (tertiary/aromatic N) is 1. The smallest absolute Gasteiger partial charge is 0.224 e. The van der Waals surface area contributed by atoms with Gasteiger partial charge < -0.3 is 5.32 Å². The van der Waals surface area contributed by atoms with Crippen LogP contribution in [-0.4, -0.2) is 10.9 Å². The molecule has 0 radical (unpaired) electrons. The fourth-order valence-electron chi connectivity index (χ4n) is 4.22. The zero-order valence-corrected chi connectivity index (χ0v) is 12.1. The molecule has 108 valence electrons. The van der Waals surface area contributed by atoms with E-state index in [2.05, 4.69) is 10.3 Å². The van der Waals surface area contributed by atoms with Crippen molar-refractivity contribution in [2.75, 3.05) is 5.32 Å². The molecule has 3 atom stereocenters. The van der Waals surface area contributed by atoms with E-state index < -0.39 is 0 Å². The Morgan fingerprint density at radius 2 is 2.14 bits per heavy atom. The molecule has 2 aliphatic rings. The fourth-order valence-corrected chi connectivity index (χ4v) is 4.22. The first kappa shape index (κ1) is 12.8. The lowest BCUT2D eigenvalue weighted by Gasteiger charge is -2.20. The van der Waals surface area contributed by atoms with Crippen LogP contribution in [0.3, 0.4) is 0 Å². The zero-order chi connectivity index (χ0) is 14.2. The predicted molar refractivity (Wildman–Crippen MR) is 83.9 cm³/mol. The number of carbonyl (C=O) groups is 1. The van der Waals surface area contributed by atoms with Gasteiger partial charge in [0.05, 0.1) is 17.4 Å². The van der Waals surface area contributed by atoms with Gasteiger partial charge in [-0.05, 0) is 49.1 Å². The molecule has 2 aliphatic carbocycles. The third kappa shape index (κ3) is 2.53. The highest BCUT2D eigenvalue weighted by Crippen LogP contribution is 2.49. The third-order valence-electron chi connectivity index (χ3n) is 5.21. The average Bonchev–Trinajstić information content (AvgIpc) is 3.09. The highest BCUT2D eigenvalue weighted by Gasteiger charge is 2.40. The van der Waals surface area contributed by atoms with Gasteiger partial charge in [0.25, 0.3) is 0 Å². The van der Waals surface area contributed by atoms with Crippen molar-refractivity contribution in [3.8, 4) is 0 Å². The topological polar surface area (TPSA) is 42.0 Å². The lowest BCUT2D eigenvalue weighted by Crippen LogP contribution is -2.20. The van der Waals surface area contributed by atoms with Gasteiger partial charge in [0.2, 0.25) is 5.91 Å². The van der Waals surface area contributed by atoms with Gasteiger partial charge in [-0.15, -0.1) is 0 Å². The van der Waals surface area contributed by atoms with E-state index >= 15 is 0 Å². The SMILES string of the molecule is O=C(C[C@H]1C[C@H]2CC[C@H]1C2)Nc1cnc2ccccc2c1. The van der Waals surface area contributed by atoms with E-state index in [0.717, 1.165) is 28.4 Å². The van der Waals surface area contributed by atoms with E-state index in [-0.39, 0.29) is 5.91 Å². The van der Waals surface area contributed by atoms with E-state index in [1.54, 1.807) is 6.20 Å². The normalized spacial score (nSPS) is 27.1. The van der Waals surface area contributed by atoms with Crippen molar-refractivity contribution in [2.45, 2.75) is 32.1 Å². The summed E-state index contributed by atoms with van der Waals surface area (Å²) in [4.78, 5) is 16.6. The first-order valence-corrected chi connectivity index (χ1v) is 7.92. The predicted octanol–water partition coefficient (Wildman–Crippen LogP) is 4.00. The number of nitrogens with one attached hydrogen (secondary N) is 1. The molecule has 3 heteroatoms. The van der Waals surface area contributed by atoms with Crippen LogP contribution in [0.5, 0.6) is 0 Å². The van der Waals surface area contributed by atoms with Crippen LogP contribution < -0.4 is 5.32 Å². The van der Waals surface area contributed by atoms with Crippen molar-refractivity contribution >= 4 is 22.5 Å². The Kier molecular flexibility index (Phi) is 3.13. The number of fused-ring (bicyclic) bond motifs is 3. The van der Waals surface area contributed by atoms with Gasteiger partial charge in [0.1, 0.15) is 0 Å². The monoisotopic (exact) mass is 280 g/mol. The molecule has 1 amide bonds. The number of aromatic nitrogens is 1. The maximum absolute atomic E-state index is 12.2. The average molecular weight is 280 g/mol. The lowest BCUT2D eigenvalue weighted by molar-refractivity contribution is -0.117. The molecule has 1 aromatic carbocycles. The summed E-state index contributed by atoms with van der Waals surface area (Å²) in [6, 6.07) is 9.97. The van der Waals surface area contributed by atoms with E-state index in [9.17, 15) is 4.79 Å². The van der Waals surface area contributed by atoms with Crippen LogP contribution >= 0.6 is 0 Å². The maximum Gasteiger partial charge on any atom is 0.224 e. The number of amides is 1. The highest BCUT2D eigenvalue weighted by molar-refractivity contribution is 5.93. The van der Waals surface area contributed by atoms with Crippen molar-refractivity contribution in [3.63, 3.8) is 0 Å². The Morgan fingerprint density at radius 1 is 1.24 bits per heavy atom. The van der Waals surface area contributed by atoms with E-state index in [1.165, 1.54) is 25.7 Å². The van der Waals surface area contributed by atoms with Crippen LogP contribution in [-0.2, 0) is 4.79 Å². The number of hydrogen-bond donors (Lipinski definition) is 1. The molecule has 3 nitrogen and oxygen atoms in total. The van der Waals surface area contributed by atoms with Gasteiger partial charge >= 0.3 is 0 Å². The number of para-hydroxylation sites is 1. The summed E-state index contributed by atoms with van der Waals surface area (Å²) in [5, 5.41) is 4.08. The zero-order valence-electron chi connectivity index (χ0n) is 12.1. The van der Waals surface area contributed by atoms with Crippen molar-refractivity contribution in [2.24, 2.45) is 17.8 Å². The van der Waals surface area contributed by atoms with Gasteiger partial charge in [-0.3, -0.25) is 9.78 Å². The molecule has 21 heavy (non-hydrogen) atoms. The van der Waals surface area contributed by atoms with Crippen LogP contribution in [0, 0.1) is 17.8 Å². The first-order chi connectivity index (χ1) is 10.3. The molecule has 1 N–H and O–H groups in total. The number of anilines is 1. The maximum atomic E-state index is 12.2. The number of carbonyl (C=O) groups excluding carboxylic acids is 1. The van der Waals surface area contributed by atoms with Gasteiger partial charge in [0, 0.05) is 11.8 Å². The van der Waals surface area contributed by atoms with Gasteiger partial charge in [-0.25, -0.2) is 0 Å². The van der Waals surface area contributed by atoms with Gasteiger partial charge in [-0.1, -0.05) is 24.6 Å². The first-order valence-electron chi connectivity index (χ1n) is 7.92. The highest BCUT2D eigenvalue weighted by atomic mass is 16.1. The van der Waals surface area contributed by atoms with E-state index in [4.69, 9.17) is 0 Å². The number of hydrogen-bond acceptors (Lipinski definition) is 2. The molecule has 0 aliphatic heterocycles. The van der Waals surface area contributed by atoms with Crippen LogP contribution in [0.2, 0.25) is 0 Å². The molecule has 1 heterocycles. The number of benzene rings is 1. The molecule has 1 aromatic heterocycles. The molecule has 0 unspecified atom stereocenters. The number of pyridine rings is 1. The second-order valence-corrected chi connectivity index (χ2v) is 6.60. The van der Waals surface area contributed by atoms with E-state index in [0.29, 0.717) is 12.3 Å². The van der Waals surface area contributed by atoms with Crippen molar-refractivity contribution in [1.82, 2.24) is 4.98 Å². The summed E-state index contributed by atoms with van der Waals surface area (Å²) in [5.41, 5.74) is 1.77. The van der Waals surface area contributed by atoms with Crippen LogP contribution in [0.4, 0.5) is 5.69 Å². The number of rotatable bonds is 3. The van der Waals surface area contributed by atoms with E-state index in [1.807, 2.05) is 30.3 Å². The molecular weight excluding hydrogens is 260 g/mol. The Balaban J connectivity index is 1.43. The molecule has 0 saturated heterocycles. The third-order valence-corrected chi connectivity index (χ3v) is 5.21. The summed E-state index contributed by atoms with van der Waals surface area (Å²) in [6.45, 7) is 0. The quantitative estimate of drug-likeness (QED) is 0.923. The summed E-state index contributed by atoms with van der Waals surface area (Å²) in [6.07, 6.45) is 7.76. The van der Waals surface area contributed by atoms with Gasteiger partial charge in [0.15, 0.2) is 0 Å². The van der Waals surface area contributed by atoms with Crippen molar-refractivity contribution < 1.29 is 4.79 Å². The minimum Gasteiger partial charge on any atom is -0.325 e. The molecule has 2 saturated carbocycles. The second kappa shape index (κ2) is 5.14. The van der Waals surface area contributed by atoms with Crippen LogP contribution in [0.1, 0.15) is 32.1 Å². The van der Waals surface area contributed by atoms with Crippen molar-refractivity contribution in [1.29, 1.82) is 0 Å². The molecule has 2 bridgehead atoms. The minimum atomic E-state index is 0.143. The molecule has 2 fully saturated rings. The molecule has 2 aromatic rings. The van der Waals surface area contributed by atoms with Crippen molar-refractivity contribution in [3.05, 3.63) is 36.5 Å². The Hall–Kier alpha value is -1.90. The summed E-state index contributed by atoms with van der Waals surface area (Å²) < 4.78 is 0. The Labute approximate surface area is 124 Å². The lowest BCUT2D eigenvalue weighted by atomic mass is 9.86. The van der Waals surface area contributed by atoms with Crippen LogP contribution in [0.25, 0.3) is 10.9 Å². The van der Waals surface area contributed by atoms with Crippen LogP contribution in [0.15, 0.2) is 36.5 Å². The summed E-state index contributed by atoms with van der Waals surface area (Å²) in [7, 11) is 0. The molecule has 4 rings (SSSR count). The molecular formula is C18H20N2O. The minimum absolute atomic E-state index is 0.143. The Bertz CT molecular complexity index is 682. The molecule has 0 spiro atoms. The Morgan fingerprint density at radius 3 is 2.95 bits per heavy atom. The standard InChI is InChI=1S/C18H20N2O/c21-18(10-15-8-12-5-6-13(15)7-12)20-16-9-14-3-1-2-4-17(14)19-11-16/h1-4,9,11-13,15H,5-8,10H2,(H,20,21)/t12-,13-,15+/m0/s1. The van der Waals surface area contributed by atoms with Gasteiger partial charge in [-0.2, -0.15) is 0 Å². The fraction of sp³-hybridized carbons (Fsp3) is 0.444.